The van der Waals surface area contributed by atoms with Gasteiger partial charge in [-0.2, -0.15) is 4.90 Å². The molecule has 0 atom stereocenters. The summed E-state index contributed by atoms with van der Waals surface area (Å²) in [7, 11) is 0. The van der Waals surface area contributed by atoms with Crippen LogP contribution in [0.2, 0.25) is 0 Å². The van der Waals surface area contributed by atoms with Gasteiger partial charge in [0.1, 0.15) is 11.2 Å². The Morgan fingerprint density at radius 2 is 1.46 bits per heavy atom. The maximum Gasteiger partial charge on any atom is 0.424 e. The lowest BCUT2D eigenvalue weighted by Crippen LogP contribution is -2.43. The third kappa shape index (κ3) is 6.44. The molecule has 0 N–H and O–H groups in total. The lowest BCUT2D eigenvalue weighted by molar-refractivity contribution is 0.0431. The summed E-state index contributed by atoms with van der Waals surface area (Å²) in [5.41, 5.74) is -0.183. The topological polar surface area (TPSA) is 55.8 Å². The van der Waals surface area contributed by atoms with Crippen LogP contribution < -0.4 is 4.90 Å². The first-order valence-electron chi connectivity index (χ1n) is 7.92. The minimum absolute atomic E-state index is 0.397. The molecule has 132 valence electrons. The molecule has 0 fully saturated rings. The monoisotopic (exact) mass is 333 g/mol. The number of anilines is 1. The summed E-state index contributed by atoms with van der Waals surface area (Å²) < 4.78 is 10.7. The van der Waals surface area contributed by atoms with Crippen LogP contribution in [0.15, 0.2) is 30.3 Å². The molecule has 5 heteroatoms. The van der Waals surface area contributed by atoms with E-state index in [0.29, 0.717) is 5.69 Å². The third-order valence-corrected chi connectivity index (χ3v) is 2.64. The van der Waals surface area contributed by atoms with Crippen LogP contribution >= 0.6 is 0 Å². The molecule has 0 aliphatic carbocycles. The number of hydrogen-bond donors (Lipinski definition) is 0. The van der Waals surface area contributed by atoms with Crippen molar-refractivity contribution in [1.82, 2.24) is 0 Å². The van der Waals surface area contributed by atoms with Crippen molar-refractivity contribution in [2.75, 3.05) is 4.90 Å². The second kappa shape index (κ2) is 7.51. The molecule has 0 saturated heterocycles. The van der Waals surface area contributed by atoms with Crippen LogP contribution in [0, 0.1) is 0 Å². The Labute approximate surface area is 144 Å². The molecule has 0 unspecified atom stereocenters. The highest BCUT2D eigenvalue weighted by Crippen LogP contribution is 2.23. The van der Waals surface area contributed by atoms with Gasteiger partial charge in [0, 0.05) is 0 Å². The highest BCUT2D eigenvalue weighted by atomic mass is 16.6. The van der Waals surface area contributed by atoms with Gasteiger partial charge in [0.05, 0.1) is 5.69 Å². The zero-order valence-corrected chi connectivity index (χ0v) is 15.5. The molecule has 5 nitrogen and oxygen atoms in total. The van der Waals surface area contributed by atoms with Crippen LogP contribution in [0.25, 0.3) is 6.08 Å². The van der Waals surface area contributed by atoms with E-state index in [2.05, 4.69) is 0 Å². The minimum atomic E-state index is -0.769. The van der Waals surface area contributed by atoms with Crippen molar-refractivity contribution in [3.63, 3.8) is 0 Å². The van der Waals surface area contributed by atoms with Gasteiger partial charge in [-0.25, -0.2) is 9.59 Å². The first-order chi connectivity index (χ1) is 10.9. The van der Waals surface area contributed by atoms with Gasteiger partial charge in [0.25, 0.3) is 0 Å². The molecular formula is C19H27NO4. The maximum absolute atomic E-state index is 12.5. The first kappa shape index (κ1) is 19.7. The van der Waals surface area contributed by atoms with E-state index in [4.69, 9.17) is 9.47 Å². The van der Waals surface area contributed by atoms with Gasteiger partial charge in [-0.05, 0) is 66.2 Å². The molecule has 1 aromatic rings. The van der Waals surface area contributed by atoms with E-state index in [0.717, 1.165) is 10.5 Å². The van der Waals surface area contributed by atoms with E-state index >= 15 is 0 Å². The Hall–Kier alpha value is -2.30. The van der Waals surface area contributed by atoms with Gasteiger partial charge in [-0.1, -0.05) is 24.3 Å². The lowest BCUT2D eigenvalue weighted by Gasteiger charge is -2.28. The third-order valence-electron chi connectivity index (χ3n) is 2.64. The maximum atomic E-state index is 12.5. The van der Waals surface area contributed by atoms with E-state index in [1.54, 1.807) is 59.7 Å². The lowest BCUT2D eigenvalue weighted by atomic mass is 10.1. The van der Waals surface area contributed by atoms with Gasteiger partial charge < -0.3 is 9.47 Å². The quantitative estimate of drug-likeness (QED) is 0.727. The van der Waals surface area contributed by atoms with E-state index in [1.807, 2.05) is 25.1 Å². The van der Waals surface area contributed by atoms with Gasteiger partial charge in [0.2, 0.25) is 0 Å². The van der Waals surface area contributed by atoms with Crippen LogP contribution in [-0.2, 0) is 9.47 Å². The second-order valence-corrected chi connectivity index (χ2v) is 7.39. The number of nitrogens with zero attached hydrogens (tertiary/aromatic N) is 1. The molecule has 2 amide bonds. The van der Waals surface area contributed by atoms with Crippen molar-refractivity contribution < 1.29 is 19.1 Å². The van der Waals surface area contributed by atoms with Crippen molar-refractivity contribution in [3.05, 3.63) is 35.9 Å². The van der Waals surface area contributed by atoms with E-state index < -0.39 is 23.4 Å². The zero-order chi connectivity index (χ0) is 18.5. The Kier molecular flexibility index (Phi) is 6.18. The number of allylic oxidation sites excluding steroid dienone is 1. The molecule has 0 aromatic heterocycles. The molecule has 0 saturated carbocycles. The molecule has 0 heterocycles. The second-order valence-electron chi connectivity index (χ2n) is 7.39. The van der Waals surface area contributed by atoms with Crippen LogP contribution in [0.1, 0.15) is 54.0 Å². The average Bonchev–Trinajstić information content (AvgIpc) is 2.35. The summed E-state index contributed by atoms with van der Waals surface area (Å²) in [6, 6.07) is 7.05. The average molecular weight is 333 g/mol. The standard InChI is InChI=1S/C19H27NO4/c1-8-10-14-11-9-12-15(13-14)20(16(21)23-18(2,3)4)17(22)24-19(5,6)7/h8-13H,1-7H3. The van der Waals surface area contributed by atoms with E-state index in [1.165, 1.54) is 0 Å². The fourth-order valence-electron chi connectivity index (χ4n) is 1.86. The largest absolute Gasteiger partial charge is 0.443 e. The number of rotatable bonds is 2. The van der Waals surface area contributed by atoms with Crippen LogP contribution in [0.4, 0.5) is 15.3 Å². The summed E-state index contributed by atoms with van der Waals surface area (Å²) in [5, 5.41) is 0. The van der Waals surface area contributed by atoms with Gasteiger partial charge in [-0.3, -0.25) is 0 Å². The summed E-state index contributed by atoms with van der Waals surface area (Å²) in [6.07, 6.45) is 2.22. The Morgan fingerprint density at radius 3 is 1.88 bits per heavy atom. The zero-order valence-electron chi connectivity index (χ0n) is 15.5. The molecule has 24 heavy (non-hydrogen) atoms. The van der Waals surface area contributed by atoms with Crippen molar-refractivity contribution in [3.8, 4) is 0 Å². The minimum Gasteiger partial charge on any atom is -0.443 e. The number of benzene rings is 1. The normalized spacial score (nSPS) is 12.1. The van der Waals surface area contributed by atoms with Crippen LogP contribution in [-0.4, -0.2) is 23.4 Å². The number of imide groups is 1. The SMILES string of the molecule is CC=Cc1cccc(N(C(=O)OC(C)(C)C)C(=O)OC(C)(C)C)c1. The fraction of sp³-hybridized carbons (Fsp3) is 0.474. The molecule has 0 aliphatic heterocycles. The highest BCUT2D eigenvalue weighted by molar-refractivity contribution is 6.09. The molecule has 1 aromatic carbocycles. The number of carbonyl (C=O) groups excluding carboxylic acids is 2. The predicted molar refractivity (Wildman–Crippen MR) is 96.1 cm³/mol. The molecule has 0 aliphatic rings. The molecule has 1 rings (SSSR count). The first-order valence-corrected chi connectivity index (χ1v) is 7.92. The molecule has 0 spiro atoms. The summed E-state index contributed by atoms with van der Waals surface area (Å²) in [6.45, 7) is 12.4. The molecule has 0 bridgehead atoms. The Morgan fingerprint density at radius 1 is 0.958 bits per heavy atom. The highest BCUT2D eigenvalue weighted by Gasteiger charge is 2.32. The molecular weight excluding hydrogens is 306 g/mol. The summed E-state index contributed by atoms with van der Waals surface area (Å²) in [4.78, 5) is 26.0. The van der Waals surface area contributed by atoms with E-state index in [-0.39, 0.29) is 0 Å². The van der Waals surface area contributed by atoms with Crippen molar-refractivity contribution >= 4 is 23.9 Å². The molecule has 0 radical (unpaired) electrons. The number of carbonyl (C=O) groups is 2. The predicted octanol–water partition coefficient (Wildman–Crippen LogP) is 5.40. The van der Waals surface area contributed by atoms with Gasteiger partial charge in [0.15, 0.2) is 0 Å². The van der Waals surface area contributed by atoms with Crippen LogP contribution in [0.5, 0.6) is 0 Å². The number of amides is 2. The summed E-state index contributed by atoms with van der Waals surface area (Å²) >= 11 is 0. The number of hydrogen-bond acceptors (Lipinski definition) is 4. The Bertz CT molecular complexity index is 593. The smallest absolute Gasteiger partial charge is 0.424 e. The van der Waals surface area contributed by atoms with Crippen LogP contribution in [0.3, 0.4) is 0 Å². The fourth-order valence-corrected chi connectivity index (χ4v) is 1.86. The van der Waals surface area contributed by atoms with Gasteiger partial charge in [-0.15, -0.1) is 0 Å². The Balaban J connectivity index is 3.24. The van der Waals surface area contributed by atoms with E-state index in [9.17, 15) is 9.59 Å². The van der Waals surface area contributed by atoms with Crippen molar-refractivity contribution in [2.24, 2.45) is 0 Å². The number of ether oxygens (including phenoxy) is 2. The van der Waals surface area contributed by atoms with Gasteiger partial charge >= 0.3 is 12.2 Å². The summed E-state index contributed by atoms with van der Waals surface area (Å²) in [5.74, 6) is 0. The van der Waals surface area contributed by atoms with Crippen molar-refractivity contribution in [1.29, 1.82) is 0 Å². The van der Waals surface area contributed by atoms with Crippen molar-refractivity contribution in [2.45, 2.75) is 59.7 Å².